The fraction of sp³-hybridized carbons (Fsp3) is 0.500. The van der Waals surface area contributed by atoms with Crippen LogP contribution in [-0.4, -0.2) is 22.1 Å². The maximum Gasteiger partial charge on any atom is 0.326 e. The summed E-state index contributed by atoms with van der Waals surface area (Å²) in [6.45, 7) is 4.35. The lowest BCUT2D eigenvalue weighted by molar-refractivity contribution is -0.144. The molecule has 2 heterocycles. The molecule has 0 spiro atoms. The zero-order valence-corrected chi connectivity index (χ0v) is 12.5. The Morgan fingerprint density at radius 1 is 1.45 bits per heavy atom. The Labute approximate surface area is 121 Å². The van der Waals surface area contributed by atoms with E-state index in [-0.39, 0.29) is 12.1 Å². The average Bonchev–Trinajstić information content (AvgIpc) is 2.80. The minimum Gasteiger partial charge on any atom is -0.464 e. The molecule has 0 N–H and O–H groups in total. The van der Waals surface area contributed by atoms with Gasteiger partial charge in [-0.2, -0.15) is 0 Å². The van der Waals surface area contributed by atoms with Crippen molar-refractivity contribution in [3.05, 3.63) is 27.6 Å². The molecule has 0 unspecified atom stereocenters. The first kappa shape index (κ1) is 14.7. The number of ether oxygens (including phenoxy) is 1. The van der Waals surface area contributed by atoms with E-state index >= 15 is 0 Å². The van der Waals surface area contributed by atoms with Crippen LogP contribution in [0, 0.1) is 6.92 Å². The molecule has 0 aliphatic rings. The molecule has 0 saturated carbocycles. The van der Waals surface area contributed by atoms with Crippen LogP contribution in [0.25, 0.3) is 10.2 Å². The Balaban J connectivity index is 2.04. The minimum atomic E-state index is -0.392. The highest BCUT2D eigenvalue weighted by molar-refractivity contribution is 7.18. The summed E-state index contributed by atoms with van der Waals surface area (Å²) < 4.78 is 6.40. The number of carbonyl (C=O) groups excluding carboxylic acids is 1. The van der Waals surface area contributed by atoms with Crippen molar-refractivity contribution in [2.75, 3.05) is 6.61 Å². The van der Waals surface area contributed by atoms with Gasteiger partial charge in [0.1, 0.15) is 11.4 Å². The van der Waals surface area contributed by atoms with E-state index in [0.717, 1.165) is 24.1 Å². The highest BCUT2D eigenvalue weighted by Crippen LogP contribution is 2.19. The Morgan fingerprint density at radius 2 is 2.25 bits per heavy atom. The Kier molecular flexibility index (Phi) is 4.89. The number of hydrogen-bond acceptors (Lipinski definition) is 5. The van der Waals surface area contributed by atoms with Gasteiger partial charge in [0, 0.05) is 4.88 Å². The first-order valence-corrected chi connectivity index (χ1v) is 7.54. The average molecular weight is 294 g/mol. The Bertz CT molecular complexity index is 660. The molecule has 0 saturated heterocycles. The van der Waals surface area contributed by atoms with Crippen molar-refractivity contribution in [2.45, 2.75) is 39.7 Å². The van der Waals surface area contributed by atoms with E-state index in [1.807, 2.05) is 6.92 Å². The van der Waals surface area contributed by atoms with Crippen molar-refractivity contribution in [1.82, 2.24) is 9.55 Å². The van der Waals surface area contributed by atoms with E-state index in [9.17, 15) is 9.59 Å². The van der Waals surface area contributed by atoms with E-state index in [4.69, 9.17) is 4.74 Å². The van der Waals surface area contributed by atoms with Gasteiger partial charge in [-0.25, -0.2) is 4.98 Å². The van der Waals surface area contributed by atoms with Crippen LogP contribution in [0.5, 0.6) is 0 Å². The zero-order chi connectivity index (χ0) is 14.5. The van der Waals surface area contributed by atoms with E-state index in [1.165, 1.54) is 22.2 Å². The molecule has 108 valence electrons. The summed E-state index contributed by atoms with van der Waals surface area (Å²) >= 11 is 1.47. The third kappa shape index (κ3) is 3.45. The number of unbranched alkanes of at least 4 members (excludes halogenated alkanes) is 2. The molecule has 2 rings (SSSR count). The fourth-order valence-corrected chi connectivity index (χ4v) is 2.75. The van der Waals surface area contributed by atoms with Gasteiger partial charge in [0.15, 0.2) is 0 Å². The van der Waals surface area contributed by atoms with E-state index < -0.39 is 5.97 Å². The number of carbonyl (C=O) groups is 1. The summed E-state index contributed by atoms with van der Waals surface area (Å²) in [6.07, 6.45) is 4.39. The summed E-state index contributed by atoms with van der Waals surface area (Å²) in [5.74, 6) is -0.392. The van der Waals surface area contributed by atoms with Gasteiger partial charge >= 0.3 is 5.97 Å². The molecule has 0 aliphatic heterocycles. The van der Waals surface area contributed by atoms with Gasteiger partial charge in [0.05, 0.1) is 18.3 Å². The molecule has 20 heavy (non-hydrogen) atoms. The molecule has 0 aliphatic carbocycles. The lowest BCUT2D eigenvalue weighted by atomic mass is 10.3. The van der Waals surface area contributed by atoms with E-state index in [0.29, 0.717) is 16.8 Å². The molecular formula is C14H18N2O3S. The Morgan fingerprint density at radius 3 is 3.00 bits per heavy atom. The summed E-state index contributed by atoms with van der Waals surface area (Å²) in [5.41, 5.74) is -0.190. The van der Waals surface area contributed by atoms with Gasteiger partial charge in [0.2, 0.25) is 0 Å². The molecule has 5 nitrogen and oxygen atoms in total. The zero-order valence-electron chi connectivity index (χ0n) is 11.7. The SMILES string of the molecule is CCCCCOC(=O)Cn1cnc2sc(C)cc2c1=O. The molecular weight excluding hydrogens is 276 g/mol. The summed E-state index contributed by atoms with van der Waals surface area (Å²) in [6, 6.07) is 1.80. The van der Waals surface area contributed by atoms with Gasteiger partial charge in [-0.05, 0) is 19.4 Å². The lowest BCUT2D eigenvalue weighted by Gasteiger charge is -2.06. The number of rotatable bonds is 6. The maximum absolute atomic E-state index is 12.2. The predicted octanol–water partition coefficient (Wildman–Crippen LogP) is 2.50. The minimum absolute atomic E-state index is 0.0806. The van der Waals surface area contributed by atoms with E-state index in [2.05, 4.69) is 11.9 Å². The molecule has 6 heteroatoms. The lowest BCUT2D eigenvalue weighted by Crippen LogP contribution is -2.25. The highest BCUT2D eigenvalue weighted by atomic mass is 32.1. The van der Waals surface area contributed by atoms with Crippen LogP contribution in [-0.2, 0) is 16.1 Å². The normalized spacial score (nSPS) is 10.9. The predicted molar refractivity (Wildman–Crippen MR) is 79.1 cm³/mol. The first-order chi connectivity index (χ1) is 9.61. The molecule has 0 bridgehead atoms. The van der Waals surface area contributed by atoms with Crippen LogP contribution in [0.4, 0.5) is 0 Å². The van der Waals surface area contributed by atoms with Crippen molar-refractivity contribution >= 4 is 27.5 Å². The molecule has 2 aromatic rings. The van der Waals surface area contributed by atoms with Crippen molar-refractivity contribution in [1.29, 1.82) is 0 Å². The van der Waals surface area contributed by atoms with Crippen LogP contribution >= 0.6 is 11.3 Å². The molecule has 0 fully saturated rings. The number of hydrogen-bond donors (Lipinski definition) is 0. The smallest absolute Gasteiger partial charge is 0.326 e. The van der Waals surface area contributed by atoms with Crippen LogP contribution in [0.2, 0.25) is 0 Å². The first-order valence-electron chi connectivity index (χ1n) is 6.73. The van der Waals surface area contributed by atoms with Crippen LogP contribution in [0.1, 0.15) is 31.1 Å². The van der Waals surface area contributed by atoms with Gasteiger partial charge in [-0.15, -0.1) is 11.3 Å². The third-order valence-corrected chi connectivity index (χ3v) is 3.91. The summed E-state index contributed by atoms with van der Waals surface area (Å²) in [5, 5.41) is 0.564. The molecule has 2 aromatic heterocycles. The number of thiophene rings is 1. The maximum atomic E-state index is 12.2. The molecule has 0 aromatic carbocycles. The number of fused-ring (bicyclic) bond motifs is 1. The molecule has 0 atom stereocenters. The van der Waals surface area contributed by atoms with Gasteiger partial charge in [0.25, 0.3) is 5.56 Å². The number of aryl methyl sites for hydroxylation is 1. The second kappa shape index (κ2) is 6.65. The van der Waals surface area contributed by atoms with Gasteiger partial charge < -0.3 is 4.74 Å². The monoisotopic (exact) mass is 294 g/mol. The Hall–Kier alpha value is -1.69. The number of nitrogens with zero attached hydrogens (tertiary/aromatic N) is 2. The quantitative estimate of drug-likeness (QED) is 0.606. The van der Waals surface area contributed by atoms with E-state index in [1.54, 1.807) is 6.07 Å². The van der Waals surface area contributed by atoms with Crippen LogP contribution < -0.4 is 5.56 Å². The number of esters is 1. The van der Waals surface area contributed by atoms with Crippen molar-refractivity contribution < 1.29 is 9.53 Å². The number of aromatic nitrogens is 2. The van der Waals surface area contributed by atoms with Gasteiger partial charge in [-0.3, -0.25) is 14.2 Å². The topological polar surface area (TPSA) is 61.2 Å². The largest absolute Gasteiger partial charge is 0.464 e. The second-order valence-electron chi connectivity index (χ2n) is 4.68. The van der Waals surface area contributed by atoms with Crippen LogP contribution in [0.3, 0.4) is 0 Å². The van der Waals surface area contributed by atoms with Crippen LogP contribution in [0.15, 0.2) is 17.2 Å². The van der Waals surface area contributed by atoms with Gasteiger partial charge in [-0.1, -0.05) is 19.8 Å². The fourth-order valence-electron chi connectivity index (χ4n) is 1.92. The van der Waals surface area contributed by atoms with Crippen molar-refractivity contribution in [3.8, 4) is 0 Å². The third-order valence-electron chi connectivity index (χ3n) is 2.95. The second-order valence-corrected chi connectivity index (χ2v) is 5.92. The highest BCUT2D eigenvalue weighted by Gasteiger charge is 2.10. The summed E-state index contributed by atoms with van der Waals surface area (Å²) in [4.78, 5) is 29.8. The summed E-state index contributed by atoms with van der Waals surface area (Å²) in [7, 11) is 0. The molecule has 0 radical (unpaired) electrons. The molecule has 0 amide bonds. The van der Waals surface area contributed by atoms with Crippen molar-refractivity contribution in [3.63, 3.8) is 0 Å². The standard InChI is InChI=1S/C14H18N2O3S/c1-3-4-5-6-19-12(17)8-16-9-15-13-11(14(16)18)7-10(2)20-13/h7,9H,3-6,8H2,1-2H3. The van der Waals surface area contributed by atoms with Crippen molar-refractivity contribution in [2.24, 2.45) is 0 Å².